The highest BCUT2D eigenvalue weighted by molar-refractivity contribution is 6.42. The minimum atomic E-state index is -0.241. The lowest BCUT2D eigenvalue weighted by molar-refractivity contribution is -0.120. The molecule has 8 nitrogen and oxygen atoms in total. The molecule has 10 heteroatoms. The van der Waals surface area contributed by atoms with Crippen LogP contribution in [0.3, 0.4) is 0 Å². The molecule has 1 aliphatic rings. The van der Waals surface area contributed by atoms with Crippen molar-refractivity contribution < 1.29 is 9.53 Å². The number of hydrogen-bond donors (Lipinski definition) is 2. The van der Waals surface area contributed by atoms with Crippen molar-refractivity contribution in [3.05, 3.63) is 70.3 Å². The van der Waals surface area contributed by atoms with E-state index >= 15 is 0 Å². The summed E-state index contributed by atoms with van der Waals surface area (Å²) < 4.78 is 5.30. The van der Waals surface area contributed by atoms with E-state index in [1.807, 2.05) is 24.3 Å². The van der Waals surface area contributed by atoms with Crippen LogP contribution in [0.2, 0.25) is 10.0 Å². The van der Waals surface area contributed by atoms with Gasteiger partial charge in [0.05, 0.1) is 17.2 Å². The molecular formula is C27H32Cl2N6O2. The number of nitrogens with one attached hydrogen (secondary N) is 2. The number of methoxy groups -OCH3 is 1. The monoisotopic (exact) mass is 542 g/mol. The summed E-state index contributed by atoms with van der Waals surface area (Å²) in [5, 5.41) is 4.93. The summed E-state index contributed by atoms with van der Waals surface area (Å²) in [6.07, 6.45) is 9.67. The molecule has 1 aliphatic heterocycles. The van der Waals surface area contributed by atoms with Gasteiger partial charge < -0.3 is 19.9 Å². The molecule has 0 bridgehead atoms. The van der Waals surface area contributed by atoms with Gasteiger partial charge in [0.25, 0.3) is 5.91 Å². The first-order valence-electron chi connectivity index (χ1n) is 12.3. The van der Waals surface area contributed by atoms with Gasteiger partial charge in [0, 0.05) is 67.3 Å². The molecule has 3 aromatic rings. The molecule has 1 aromatic carbocycles. The third-order valence-electron chi connectivity index (χ3n) is 6.46. The van der Waals surface area contributed by atoms with Crippen LogP contribution in [-0.4, -0.2) is 71.1 Å². The lowest BCUT2D eigenvalue weighted by atomic mass is 10.1. The predicted molar refractivity (Wildman–Crippen MR) is 150 cm³/mol. The molecule has 2 N–H and O–H groups in total. The number of ether oxygens (including phenoxy) is 1. The van der Waals surface area contributed by atoms with Crippen LogP contribution in [0, 0.1) is 0 Å². The Balaban J connectivity index is 1.25. The maximum Gasteiger partial charge on any atom is 0.286 e. The van der Waals surface area contributed by atoms with Gasteiger partial charge in [-0.15, -0.1) is 0 Å². The number of piperazine rings is 1. The quantitative estimate of drug-likeness (QED) is 0.173. The third kappa shape index (κ3) is 6.83. The smallest absolute Gasteiger partial charge is 0.286 e. The zero-order valence-corrected chi connectivity index (χ0v) is 22.8. The van der Waals surface area contributed by atoms with E-state index in [0.717, 1.165) is 48.6 Å². The van der Waals surface area contributed by atoms with Crippen molar-refractivity contribution in [3.8, 4) is 0 Å². The first-order valence-corrected chi connectivity index (χ1v) is 13.1. The first kappa shape index (κ1) is 27.0. The fourth-order valence-electron chi connectivity index (χ4n) is 4.68. The molecule has 0 spiro atoms. The van der Waals surface area contributed by atoms with Crippen LogP contribution < -0.4 is 10.2 Å². The fourth-order valence-corrected chi connectivity index (χ4v) is 5.02. The summed E-state index contributed by atoms with van der Waals surface area (Å²) in [6, 6.07) is 8.12. The highest BCUT2D eigenvalue weighted by atomic mass is 35.5. The number of carbonyl (C=O) groups excluding carboxylic acids is 1. The summed E-state index contributed by atoms with van der Waals surface area (Å²) >= 11 is 12.2. The molecule has 2 aromatic heterocycles. The zero-order valence-electron chi connectivity index (χ0n) is 21.2. The number of aromatic nitrogens is 3. The Morgan fingerprint density at radius 3 is 2.57 bits per heavy atom. The van der Waals surface area contributed by atoms with Gasteiger partial charge in [-0.25, -0.2) is 9.97 Å². The van der Waals surface area contributed by atoms with E-state index in [1.165, 1.54) is 7.11 Å². The lowest BCUT2D eigenvalue weighted by Gasteiger charge is -2.44. The SMILES string of the molecule is COC(=CC=Cc1cc2cc(Cl)c(Cl)cc2[nH]1)C(=O)NCCCN1C(C)CN(c2ncccn2)CC1C. The van der Waals surface area contributed by atoms with E-state index in [4.69, 9.17) is 27.9 Å². The number of anilines is 1. The molecule has 2 unspecified atom stereocenters. The van der Waals surface area contributed by atoms with Crippen LogP contribution in [0.1, 0.15) is 26.0 Å². The van der Waals surface area contributed by atoms with Crippen molar-refractivity contribution >= 4 is 52.0 Å². The normalized spacial score (nSPS) is 19.1. The summed E-state index contributed by atoms with van der Waals surface area (Å²) in [6.45, 7) is 7.65. The average molecular weight is 543 g/mol. The summed E-state index contributed by atoms with van der Waals surface area (Å²) in [5.74, 6) is 0.783. The standard InChI is InChI=1S/C27H32Cl2N6O2/c1-18-16-34(27-31-9-5-10-32-27)17-19(2)35(18)12-6-11-30-26(36)25(37-3)8-4-7-21-13-20-14-22(28)23(29)15-24(20)33-21/h4-5,7-10,13-15,18-19,33H,6,11-12,16-17H2,1-3H3,(H,30,36). The lowest BCUT2D eigenvalue weighted by Crippen LogP contribution is -2.57. The number of amides is 1. The minimum Gasteiger partial charge on any atom is -0.491 e. The Bertz CT molecular complexity index is 1230. The van der Waals surface area contributed by atoms with Crippen molar-refractivity contribution in [3.63, 3.8) is 0 Å². The average Bonchev–Trinajstić information content (AvgIpc) is 3.27. The van der Waals surface area contributed by atoms with Crippen molar-refractivity contribution in [1.29, 1.82) is 0 Å². The van der Waals surface area contributed by atoms with Crippen molar-refractivity contribution in [1.82, 2.24) is 25.2 Å². The number of rotatable bonds is 9. The number of hydrogen-bond acceptors (Lipinski definition) is 6. The molecule has 2 atom stereocenters. The molecule has 1 saturated heterocycles. The highest BCUT2D eigenvalue weighted by Crippen LogP contribution is 2.28. The van der Waals surface area contributed by atoms with Gasteiger partial charge in [-0.3, -0.25) is 9.69 Å². The molecule has 1 fully saturated rings. The van der Waals surface area contributed by atoms with Gasteiger partial charge >= 0.3 is 0 Å². The number of benzene rings is 1. The number of aromatic amines is 1. The first-order chi connectivity index (χ1) is 17.9. The molecule has 0 saturated carbocycles. The number of halogens is 2. The highest BCUT2D eigenvalue weighted by Gasteiger charge is 2.30. The van der Waals surface area contributed by atoms with E-state index in [1.54, 1.807) is 30.6 Å². The van der Waals surface area contributed by atoms with E-state index in [-0.39, 0.29) is 11.7 Å². The van der Waals surface area contributed by atoms with Crippen molar-refractivity contribution in [2.24, 2.45) is 0 Å². The van der Waals surface area contributed by atoms with Gasteiger partial charge in [0.1, 0.15) is 0 Å². The molecule has 1 amide bonds. The number of carbonyl (C=O) groups is 1. The summed E-state index contributed by atoms with van der Waals surface area (Å²) in [5.41, 5.74) is 1.75. The molecule has 3 heterocycles. The fraction of sp³-hybridized carbons (Fsp3) is 0.370. The topological polar surface area (TPSA) is 86.4 Å². The second-order valence-electron chi connectivity index (χ2n) is 9.17. The van der Waals surface area contributed by atoms with Crippen molar-refractivity contribution in [2.45, 2.75) is 32.4 Å². The Hall–Kier alpha value is -3.07. The van der Waals surface area contributed by atoms with Crippen LogP contribution in [0.4, 0.5) is 5.95 Å². The van der Waals surface area contributed by atoms with Crippen LogP contribution in [-0.2, 0) is 9.53 Å². The zero-order chi connectivity index (χ0) is 26.4. The van der Waals surface area contributed by atoms with Gasteiger partial charge in [-0.2, -0.15) is 0 Å². The second-order valence-corrected chi connectivity index (χ2v) is 9.99. The van der Waals surface area contributed by atoms with Gasteiger partial charge in [0.2, 0.25) is 5.95 Å². The number of fused-ring (bicyclic) bond motifs is 1. The van der Waals surface area contributed by atoms with Crippen LogP contribution in [0.15, 0.2) is 54.6 Å². The maximum absolute atomic E-state index is 12.6. The number of H-pyrrole nitrogens is 1. The Morgan fingerprint density at radius 1 is 1.16 bits per heavy atom. The molecule has 0 aliphatic carbocycles. The molecular weight excluding hydrogens is 511 g/mol. The Kier molecular flexibility index (Phi) is 9.08. The van der Waals surface area contributed by atoms with Crippen molar-refractivity contribution in [2.75, 3.05) is 38.2 Å². The molecule has 196 valence electrons. The largest absolute Gasteiger partial charge is 0.491 e. The minimum absolute atomic E-state index is 0.241. The summed E-state index contributed by atoms with van der Waals surface area (Å²) in [4.78, 5) is 29.3. The molecule has 4 rings (SSSR count). The van der Waals surface area contributed by atoms with E-state index in [9.17, 15) is 4.79 Å². The summed E-state index contributed by atoms with van der Waals surface area (Å²) in [7, 11) is 1.49. The van der Waals surface area contributed by atoms with E-state index in [2.05, 4.69) is 43.9 Å². The van der Waals surface area contributed by atoms with E-state index in [0.29, 0.717) is 28.7 Å². The van der Waals surface area contributed by atoms with Crippen LogP contribution in [0.5, 0.6) is 0 Å². The van der Waals surface area contributed by atoms with Gasteiger partial charge in [-0.05, 0) is 56.7 Å². The Morgan fingerprint density at radius 2 is 1.86 bits per heavy atom. The molecule has 0 radical (unpaired) electrons. The third-order valence-corrected chi connectivity index (χ3v) is 7.19. The van der Waals surface area contributed by atoms with Gasteiger partial charge in [-0.1, -0.05) is 29.3 Å². The Labute approximate surface area is 227 Å². The van der Waals surface area contributed by atoms with Crippen LogP contribution >= 0.6 is 23.2 Å². The second kappa shape index (κ2) is 12.4. The van der Waals surface area contributed by atoms with Crippen LogP contribution in [0.25, 0.3) is 17.0 Å². The molecule has 37 heavy (non-hydrogen) atoms. The predicted octanol–water partition coefficient (Wildman–Crippen LogP) is 4.91. The maximum atomic E-state index is 12.6. The number of allylic oxidation sites excluding steroid dienone is 2. The van der Waals surface area contributed by atoms with E-state index < -0.39 is 0 Å². The van der Waals surface area contributed by atoms with Gasteiger partial charge in [0.15, 0.2) is 5.76 Å². The number of nitrogens with zero attached hydrogens (tertiary/aromatic N) is 4.